The lowest BCUT2D eigenvalue weighted by atomic mass is 9.78. The molecule has 2 aliphatic heterocycles. The van der Waals surface area contributed by atoms with E-state index in [9.17, 15) is 9.59 Å². The number of aliphatic carboxylic acids is 1. The van der Waals surface area contributed by atoms with E-state index in [-0.39, 0.29) is 36.4 Å². The number of hydrogen-bond donors (Lipinski definition) is 1. The maximum atomic E-state index is 12.6. The molecule has 0 aromatic rings. The average Bonchev–Trinajstić information content (AvgIpc) is 3.30. The fraction of sp³-hybridized carbons (Fsp3) is 0.773. The van der Waals surface area contributed by atoms with Crippen LogP contribution in [0.1, 0.15) is 70.6 Å². The molecule has 3 fully saturated rings. The van der Waals surface area contributed by atoms with Gasteiger partial charge in [-0.3, -0.25) is 9.59 Å². The Bertz CT molecular complexity index is 597. The number of unbranched alkanes of at least 4 members (excludes halogenated alkanes) is 1. The normalized spacial score (nSPS) is 30.5. The summed E-state index contributed by atoms with van der Waals surface area (Å²) in [5, 5.41) is 14.8. The summed E-state index contributed by atoms with van der Waals surface area (Å²) in [6.45, 7) is 0. The molecule has 3 aliphatic rings. The van der Waals surface area contributed by atoms with Gasteiger partial charge in [-0.2, -0.15) is 5.10 Å². The van der Waals surface area contributed by atoms with E-state index in [2.05, 4.69) is 17.3 Å². The van der Waals surface area contributed by atoms with E-state index < -0.39 is 5.97 Å². The largest absolute Gasteiger partial charge is 0.481 e. The quantitative estimate of drug-likeness (QED) is 0.279. The number of amides is 1. The zero-order chi connectivity index (χ0) is 19.9. The zero-order valence-electron chi connectivity index (χ0n) is 17.0. The number of carboxylic acid groups (broad SMARTS) is 1. The van der Waals surface area contributed by atoms with Crippen LogP contribution in [-0.2, 0) is 14.3 Å². The van der Waals surface area contributed by atoms with Crippen molar-refractivity contribution in [1.82, 2.24) is 5.01 Å². The minimum Gasteiger partial charge on any atom is -0.481 e. The Morgan fingerprint density at radius 2 is 1.86 bits per heavy atom. The first-order valence-corrected chi connectivity index (χ1v) is 10.9. The fourth-order valence-electron chi connectivity index (χ4n) is 4.92. The number of carboxylic acids is 1. The third kappa shape index (κ3) is 5.43. The van der Waals surface area contributed by atoms with E-state index in [0.29, 0.717) is 12.3 Å². The van der Waals surface area contributed by atoms with Crippen LogP contribution in [0.5, 0.6) is 0 Å². The number of allylic oxidation sites excluding steroid dienone is 2. The third-order valence-corrected chi connectivity index (χ3v) is 6.51. The van der Waals surface area contributed by atoms with Crippen LogP contribution in [0.3, 0.4) is 0 Å². The van der Waals surface area contributed by atoms with Gasteiger partial charge in [-0.1, -0.05) is 31.4 Å². The molecule has 0 aromatic carbocycles. The summed E-state index contributed by atoms with van der Waals surface area (Å²) in [5.74, 6) is 0.199. The van der Waals surface area contributed by atoms with Gasteiger partial charge in [0.2, 0.25) is 5.91 Å². The maximum absolute atomic E-state index is 12.6. The molecule has 0 aromatic heterocycles. The summed E-state index contributed by atoms with van der Waals surface area (Å²) in [6.07, 6.45) is 17.0. The monoisotopic (exact) mass is 390 g/mol. The van der Waals surface area contributed by atoms with E-state index in [1.807, 2.05) is 6.21 Å². The number of carbonyl (C=O) groups is 2. The van der Waals surface area contributed by atoms with Crippen molar-refractivity contribution in [2.24, 2.45) is 22.9 Å². The second-order valence-corrected chi connectivity index (χ2v) is 8.49. The molecule has 2 heterocycles. The van der Waals surface area contributed by atoms with Crippen molar-refractivity contribution < 1.29 is 19.4 Å². The Kier molecular flexibility index (Phi) is 7.65. The number of ether oxygens (including phenoxy) is 1. The number of hydrazone groups is 1. The van der Waals surface area contributed by atoms with Crippen LogP contribution in [0.2, 0.25) is 0 Å². The van der Waals surface area contributed by atoms with Crippen LogP contribution < -0.4 is 0 Å². The molecule has 1 saturated carbocycles. The molecule has 2 saturated heterocycles. The SMILES string of the molecule is CN(N=C[C@@H]1[C@@H](CC=CCCCC(=O)O)[C@H]2CC[C@@H]1O2)C(=O)C1CCCCC1. The van der Waals surface area contributed by atoms with Crippen molar-refractivity contribution in [1.29, 1.82) is 0 Å². The van der Waals surface area contributed by atoms with Crippen molar-refractivity contribution in [2.75, 3.05) is 7.05 Å². The third-order valence-electron chi connectivity index (χ3n) is 6.51. The molecule has 2 bridgehead atoms. The first-order valence-electron chi connectivity index (χ1n) is 10.9. The molecule has 0 unspecified atom stereocenters. The highest BCUT2D eigenvalue weighted by atomic mass is 16.5. The first kappa shape index (κ1) is 21.0. The lowest BCUT2D eigenvalue weighted by Gasteiger charge is -2.26. The number of hydrogen-bond acceptors (Lipinski definition) is 4. The smallest absolute Gasteiger partial charge is 0.303 e. The fourth-order valence-corrected chi connectivity index (χ4v) is 4.92. The summed E-state index contributed by atoms with van der Waals surface area (Å²) in [5.41, 5.74) is 0. The summed E-state index contributed by atoms with van der Waals surface area (Å²) in [4.78, 5) is 23.2. The molecule has 1 amide bonds. The Balaban J connectivity index is 1.50. The molecule has 0 radical (unpaired) electrons. The van der Waals surface area contributed by atoms with Gasteiger partial charge in [0.15, 0.2) is 0 Å². The Hall–Kier alpha value is -1.69. The van der Waals surface area contributed by atoms with Crippen LogP contribution in [0.25, 0.3) is 0 Å². The number of rotatable bonds is 9. The molecule has 28 heavy (non-hydrogen) atoms. The molecule has 6 heteroatoms. The van der Waals surface area contributed by atoms with Gasteiger partial charge in [-0.25, -0.2) is 5.01 Å². The molecule has 6 nitrogen and oxygen atoms in total. The van der Waals surface area contributed by atoms with Crippen molar-refractivity contribution >= 4 is 18.1 Å². The number of carbonyl (C=O) groups excluding carboxylic acids is 1. The molecular weight excluding hydrogens is 356 g/mol. The maximum Gasteiger partial charge on any atom is 0.303 e. The zero-order valence-corrected chi connectivity index (χ0v) is 17.0. The van der Waals surface area contributed by atoms with Crippen LogP contribution in [0.4, 0.5) is 0 Å². The van der Waals surface area contributed by atoms with Gasteiger partial charge in [0.05, 0.1) is 12.2 Å². The minimum absolute atomic E-state index is 0.136. The molecule has 1 aliphatic carbocycles. The summed E-state index contributed by atoms with van der Waals surface area (Å²) in [6, 6.07) is 0. The number of nitrogens with zero attached hydrogens (tertiary/aromatic N) is 2. The van der Waals surface area contributed by atoms with Crippen molar-refractivity contribution in [3.05, 3.63) is 12.2 Å². The lowest BCUT2D eigenvalue weighted by molar-refractivity contribution is -0.137. The van der Waals surface area contributed by atoms with Gasteiger partial charge in [0.1, 0.15) is 0 Å². The van der Waals surface area contributed by atoms with Crippen LogP contribution in [-0.4, -0.2) is 47.5 Å². The van der Waals surface area contributed by atoms with Gasteiger partial charge < -0.3 is 9.84 Å². The van der Waals surface area contributed by atoms with Crippen molar-refractivity contribution in [2.45, 2.75) is 82.8 Å². The van der Waals surface area contributed by atoms with Crippen molar-refractivity contribution in [3.63, 3.8) is 0 Å². The van der Waals surface area contributed by atoms with E-state index in [4.69, 9.17) is 9.84 Å². The van der Waals surface area contributed by atoms with Crippen molar-refractivity contribution in [3.8, 4) is 0 Å². The van der Waals surface area contributed by atoms with E-state index in [1.165, 1.54) is 6.42 Å². The number of fused-ring (bicyclic) bond motifs is 2. The van der Waals surface area contributed by atoms with E-state index >= 15 is 0 Å². The highest BCUT2D eigenvalue weighted by Crippen LogP contribution is 2.44. The summed E-state index contributed by atoms with van der Waals surface area (Å²) in [7, 11) is 1.78. The van der Waals surface area contributed by atoms with Gasteiger partial charge in [-0.15, -0.1) is 0 Å². The van der Waals surface area contributed by atoms with Gasteiger partial charge in [0.25, 0.3) is 0 Å². The van der Waals surface area contributed by atoms with Gasteiger partial charge >= 0.3 is 5.97 Å². The molecule has 4 atom stereocenters. The molecule has 1 N–H and O–H groups in total. The summed E-state index contributed by atoms with van der Waals surface area (Å²) >= 11 is 0. The average molecular weight is 391 g/mol. The topological polar surface area (TPSA) is 79.2 Å². The van der Waals surface area contributed by atoms with Gasteiger partial charge in [-0.05, 0) is 50.9 Å². The predicted octanol–water partition coefficient (Wildman–Crippen LogP) is 4.01. The van der Waals surface area contributed by atoms with E-state index in [0.717, 1.165) is 51.4 Å². The van der Waals surface area contributed by atoms with Gasteiger partial charge in [0, 0.05) is 31.5 Å². The van der Waals surface area contributed by atoms with Crippen LogP contribution in [0.15, 0.2) is 17.3 Å². The Morgan fingerprint density at radius 1 is 1.11 bits per heavy atom. The lowest BCUT2D eigenvalue weighted by Crippen LogP contribution is -2.32. The highest BCUT2D eigenvalue weighted by molar-refractivity contribution is 5.79. The first-order chi connectivity index (χ1) is 13.6. The summed E-state index contributed by atoms with van der Waals surface area (Å²) < 4.78 is 6.11. The van der Waals surface area contributed by atoms with E-state index in [1.54, 1.807) is 12.1 Å². The molecule has 0 spiro atoms. The molecular formula is C22H34N2O4. The predicted molar refractivity (Wildman–Crippen MR) is 108 cm³/mol. The molecule has 156 valence electrons. The molecule has 3 rings (SSSR count). The second-order valence-electron chi connectivity index (χ2n) is 8.49. The Labute approximate surface area is 168 Å². The van der Waals surface area contributed by atoms with Crippen LogP contribution in [0, 0.1) is 17.8 Å². The van der Waals surface area contributed by atoms with Crippen LogP contribution >= 0.6 is 0 Å². The highest BCUT2D eigenvalue weighted by Gasteiger charge is 2.47. The Morgan fingerprint density at radius 3 is 2.61 bits per heavy atom. The minimum atomic E-state index is -0.738. The standard InChI is InChI=1S/C22H34N2O4/c1-24(22(27)16-9-5-4-6-10-16)23-15-18-17(19-13-14-20(18)28-19)11-7-2-3-8-12-21(25)26/h2,7,15-20H,3-6,8-14H2,1H3,(H,25,26)/t17-,18-,19-,20+/m1/s1. The second kappa shape index (κ2) is 10.2.